The van der Waals surface area contributed by atoms with Gasteiger partial charge in [-0.1, -0.05) is 18.2 Å². The molecule has 0 saturated carbocycles. The SMILES string of the molecule is COc1ccccc1OCCC(=O)Nc1cc(C)cc(C)c1. The van der Waals surface area contributed by atoms with Gasteiger partial charge in [-0.15, -0.1) is 0 Å². The number of hydrogen-bond acceptors (Lipinski definition) is 3. The minimum absolute atomic E-state index is 0.0695. The molecule has 22 heavy (non-hydrogen) atoms. The van der Waals surface area contributed by atoms with E-state index in [1.54, 1.807) is 7.11 Å². The highest BCUT2D eigenvalue weighted by Gasteiger charge is 2.06. The molecule has 4 nitrogen and oxygen atoms in total. The molecule has 116 valence electrons. The predicted octanol–water partition coefficient (Wildman–Crippen LogP) is 3.72. The smallest absolute Gasteiger partial charge is 0.227 e. The van der Waals surface area contributed by atoms with Crippen molar-refractivity contribution in [3.05, 3.63) is 53.6 Å². The average molecular weight is 299 g/mol. The third-order valence-corrected chi connectivity index (χ3v) is 3.16. The Hall–Kier alpha value is -2.49. The van der Waals surface area contributed by atoms with Gasteiger partial charge in [0, 0.05) is 5.69 Å². The van der Waals surface area contributed by atoms with Crippen molar-refractivity contribution in [2.45, 2.75) is 20.3 Å². The lowest BCUT2D eigenvalue weighted by Gasteiger charge is -2.11. The van der Waals surface area contributed by atoms with Crippen LogP contribution >= 0.6 is 0 Å². The summed E-state index contributed by atoms with van der Waals surface area (Å²) in [6.07, 6.45) is 0.283. The molecule has 0 aliphatic rings. The van der Waals surface area contributed by atoms with E-state index < -0.39 is 0 Å². The molecule has 1 amide bonds. The van der Waals surface area contributed by atoms with Gasteiger partial charge in [0.15, 0.2) is 11.5 Å². The third kappa shape index (κ3) is 4.52. The second-order valence-corrected chi connectivity index (χ2v) is 5.17. The van der Waals surface area contributed by atoms with Crippen molar-refractivity contribution >= 4 is 11.6 Å². The Labute approximate surface area is 131 Å². The number of anilines is 1. The number of rotatable bonds is 6. The normalized spacial score (nSPS) is 10.1. The fourth-order valence-corrected chi connectivity index (χ4v) is 2.26. The second kappa shape index (κ2) is 7.50. The minimum atomic E-state index is -0.0695. The molecular formula is C18H21NO3. The Morgan fingerprint density at radius 1 is 1.05 bits per heavy atom. The van der Waals surface area contributed by atoms with Crippen molar-refractivity contribution in [1.82, 2.24) is 0 Å². The van der Waals surface area contributed by atoms with E-state index in [0.717, 1.165) is 16.8 Å². The number of para-hydroxylation sites is 2. The highest BCUT2D eigenvalue weighted by molar-refractivity contribution is 5.90. The van der Waals surface area contributed by atoms with Gasteiger partial charge in [-0.2, -0.15) is 0 Å². The Kier molecular flexibility index (Phi) is 5.42. The molecule has 4 heteroatoms. The van der Waals surface area contributed by atoms with Gasteiger partial charge in [-0.25, -0.2) is 0 Å². The van der Waals surface area contributed by atoms with Crippen molar-refractivity contribution in [3.63, 3.8) is 0 Å². The van der Waals surface area contributed by atoms with E-state index in [9.17, 15) is 4.79 Å². The summed E-state index contributed by atoms with van der Waals surface area (Å²) in [5, 5.41) is 2.89. The molecule has 2 aromatic carbocycles. The third-order valence-electron chi connectivity index (χ3n) is 3.16. The number of benzene rings is 2. The largest absolute Gasteiger partial charge is 0.493 e. The minimum Gasteiger partial charge on any atom is -0.493 e. The van der Waals surface area contributed by atoms with Gasteiger partial charge in [0.05, 0.1) is 20.1 Å². The van der Waals surface area contributed by atoms with Crippen LogP contribution in [0.15, 0.2) is 42.5 Å². The molecule has 0 atom stereocenters. The van der Waals surface area contributed by atoms with Gasteiger partial charge in [0.2, 0.25) is 5.91 Å². The van der Waals surface area contributed by atoms with Gasteiger partial charge in [-0.05, 0) is 49.2 Å². The summed E-state index contributed by atoms with van der Waals surface area (Å²) in [6, 6.07) is 13.4. The second-order valence-electron chi connectivity index (χ2n) is 5.17. The van der Waals surface area contributed by atoms with Crippen LogP contribution in [0.4, 0.5) is 5.69 Å². The van der Waals surface area contributed by atoms with Crippen molar-refractivity contribution in [3.8, 4) is 11.5 Å². The number of nitrogens with one attached hydrogen (secondary N) is 1. The van der Waals surface area contributed by atoms with Crippen LogP contribution in [0.3, 0.4) is 0 Å². The van der Waals surface area contributed by atoms with E-state index in [-0.39, 0.29) is 12.3 Å². The molecule has 1 N–H and O–H groups in total. The number of carbonyl (C=O) groups is 1. The van der Waals surface area contributed by atoms with Crippen LogP contribution in [0.5, 0.6) is 11.5 Å². The van der Waals surface area contributed by atoms with Crippen LogP contribution in [0, 0.1) is 13.8 Å². The predicted molar refractivity (Wildman–Crippen MR) is 87.7 cm³/mol. The number of amides is 1. The zero-order chi connectivity index (χ0) is 15.9. The standard InChI is InChI=1S/C18H21NO3/c1-13-10-14(2)12-15(11-13)19-18(20)8-9-22-17-7-5-4-6-16(17)21-3/h4-7,10-12H,8-9H2,1-3H3,(H,19,20). The molecule has 2 aromatic rings. The maximum atomic E-state index is 12.0. The summed E-state index contributed by atoms with van der Waals surface area (Å²) in [6.45, 7) is 4.32. The van der Waals surface area contributed by atoms with E-state index in [0.29, 0.717) is 18.1 Å². The lowest BCUT2D eigenvalue weighted by atomic mass is 10.1. The lowest BCUT2D eigenvalue weighted by molar-refractivity contribution is -0.116. The van der Waals surface area contributed by atoms with Crippen molar-refractivity contribution in [2.24, 2.45) is 0 Å². The molecule has 0 fully saturated rings. The van der Waals surface area contributed by atoms with Crippen LogP contribution in [0.1, 0.15) is 17.5 Å². The molecule has 0 aromatic heterocycles. The van der Waals surface area contributed by atoms with E-state index in [4.69, 9.17) is 9.47 Å². The topological polar surface area (TPSA) is 47.6 Å². The van der Waals surface area contributed by atoms with Crippen LogP contribution in [0.2, 0.25) is 0 Å². The summed E-state index contributed by atoms with van der Waals surface area (Å²) in [4.78, 5) is 12.0. The first-order valence-electron chi connectivity index (χ1n) is 7.22. The van der Waals surface area contributed by atoms with Crippen LogP contribution in [-0.2, 0) is 4.79 Å². The number of carbonyl (C=O) groups excluding carboxylic acids is 1. The zero-order valence-corrected chi connectivity index (χ0v) is 13.2. The monoisotopic (exact) mass is 299 g/mol. The number of hydrogen-bond donors (Lipinski definition) is 1. The molecular weight excluding hydrogens is 278 g/mol. The highest BCUT2D eigenvalue weighted by Crippen LogP contribution is 2.25. The first-order valence-corrected chi connectivity index (χ1v) is 7.22. The fourth-order valence-electron chi connectivity index (χ4n) is 2.26. The number of aryl methyl sites for hydroxylation is 2. The Bertz CT molecular complexity index is 632. The summed E-state index contributed by atoms with van der Waals surface area (Å²) < 4.78 is 10.8. The quantitative estimate of drug-likeness (QED) is 0.884. The van der Waals surface area contributed by atoms with E-state index in [1.165, 1.54) is 0 Å². The molecule has 0 bridgehead atoms. The average Bonchev–Trinajstić information content (AvgIpc) is 2.46. The van der Waals surface area contributed by atoms with Gasteiger partial charge < -0.3 is 14.8 Å². The molecule has 2 rings (SSSR count). The molecule has 0 saturated heterocycles. The molecule has 0 aliphatic carbocycles. The summed E-state index contributed by atoms with van der Waals surface area (Å²) >= 11 is 0. The van der Waals surface area contributed by atoms with Crippen molar-refractivity contribution in [2.75, 3.05) is 19.0 Å². The van der Waals surface area contributed by atoms with Crippen molar-refractivity contribution in [1.29, 1.82) is 0 Å². The zero-order valence-electron chi connectivity index (χ0n) is 13.2. The molecule has 0 unspecified atom stereocenters. The summed E-state index contributed by atoms with van der Waals surface area (Å²) in [5.74, 6) is 1.24. The van der Waals surface area contributed by atoms with Crippen LogP contribution in [0.25, 0.3) is 0 Å². The first kappa shape index (κ1) is 15.9. The summed E-state index contributed by atoms with van der Waals surface area (Å²) in [7, 11) is 1.59. The Morgan fingerprint density at radius 3 is 2.32 bits per heavy atom. The highest BCUT2D eigenvalue weighted by atomic mass is 16.5. The van der Waals surface area contributed by atoms with Gasteiger partial charge in [0.1, 0.15) is 0 Å². The first-order chi connectivity index (χ1) is 10.6. The maximum Gasteiger partial charge on any atom is 0.227 e. The fraction of sp³-hybridized carbons (Fsp3) is 0.278. The van der Waals surface area contributed by atoms with Gasteiger partial charge in [0.25, 0.3) is 0 Å². The van der Waals surface area contributed by atoms with Gasteiger partial charge in [-0.3, -0.25) is 4.79 Å². The van der Waals surface area contributed by atoms with Crippen LogP contribution in [-0.4, -0.2) is 19.6 Å². The molecule has 0 aliphatic heterocycles. The molecule has 0 radical (unpaired) electrons. The Morgan fingerprint density at radius 2 is 1.68 bits per heavy atom. The van der Waals surface area contributed by atoms with Crippen molar-refractivity contribution < 1.29 is 14.3 Å². The maximum absolute atomic E-state index is 12.0. The number of methoxy groups -OCH3 is 1. The number of ether oxygens (including phenoxy) is 2. The van der Waals surface area contributed by atoms with E-state index >= 15 is 0 Å². The van der Waals surface area contributed by atoms with Gasteiger partial charge >= 0.3 is 0 Å². The molecule has 0 heterocycles. The van der Waals surface area contributed by atoms with Crippen LogP contribution < -0.4 is 14.8 Å². The summed E-state index contributed by atoms with van der Waals surface area (Å²) in [5.41, 5.74) is 3.07. The van der Waals surface area contributed by atoms with E-state index in [2.05, 4.69) is 11.4 Å². The molecule has 0 spiro atoms. The lowest BCUT2D eigenvalue weighted by Crippen LogP contribution is -2.15. The van der Waals surface area contributed by atoms with E-state index in [1.807, 2.05) is 50.2 Å². The Balaban J connectivity index is 1.85.